The summed E-state index contributed by atoms with van der Waals surface area (Å²) in [5, 5.41) is 18.3. The van der Waals surface area contributed by atoms with E-state index < -0.39 is 22.7 Å². The van der Waals surface area contributed by atoms with E-state index in [0.717, 1.165) is 16.8 Å². The van der Waals surface area contributed by atoms with E-state index in [-0.39, 0.29) is 0 Å². The van der Waals surface area contributed by atoms with Crippen molar-refractivity contribution in [3.63, 3.8) is 0 Å². The summed E-state index contributed by atoms with van der Waals surface area (Å²) in [6, 6.07) is -1.69. The predicted molar refractivity (Wildman–Crippen MR) is 57.0 cm³/mol. The van der Waals surface area contributed by atoms with Crippen molar-refractivity contribution in [1.29, 1.82) is 0 Å². The van der Waals surface area contributed by atoms with Crippen LogP contribution in [0, 0.1) is 0 Å². The lowest BCUT2D eigenvalue weighted by atomic mass is 10.3. The van der Waals surface area contributed by atoms with Gasteiger partial charge in [0.15, 0.2) is 4.32 Å². The molecular weight excluding hydrogens is 248 g/mol. The quantitative estimate of drug-likeness (QED) is 0.307. The first kappa shape index (κ1) is 11.6. The third-order valence-corrected chi connectivity index (χ3v) is 3.11. The van der Waals surface area contributed by atoms with Crippen LogP contribution >= 0.6 is 36.6 Å². The van der Waals surface area contributed by atoms with Gasteiger partial charge in [0.05, 0.1) is 0 Å². The molecule has 1 saturated heterocycles. The van der Waals surface area contributed by atoms with Crippen LogP contribution in [0.4, 0.5) is 0 Å². The van der Waals surface area contributed by atoms with E-state index in [1.165, 1.54) is 0 Å². The minimum absolute atomic E-state index is 0.303. The minimum atomic E-state index is -1.69. The zero-order chi connectivity index (χ0) is 10.9. The smallest absolute Gasteiger partial charge is 0.334 e. The summed E-state index contributed by atoms with van der Waals surface area (Å²) < 4.78 is -0.308. The van der Waals surface area contributed by atoms with Crippen LogP contribution in [-0.2, 0) is 9.59 Å². The van der Waals surface area contributed by atoms with Crippen molar-refractivity contribution in [2.24, 2.45) is 0 Å². The highest BCUT2D eigenvalue weighted by molar-refractivity contribution is 8.28. The summed E-state index contributed by atoms with van der Waals surface area (Å²) in [6.45, 7) is 0. The Bertz CT molecular complexity index is 283. The Kier molecular flexibility index (Phi) is 3.59. The topological polar surface area (TPSA) is 89.9 Å². The fourth-order valence-electron chi connectivity index (χ4n) is 0.875. The van der Waals surface area contributed by atoms with E-state index in [1.807, 2.05) is 0 Å². The Morgan fingerprint density at radius 1 is 1.57 bits per heavy atom. The summed E-state index contributed by atoms with van der Waals surface area (Å²) >= 11 is 9.80. The molecule has 1 aliphatic rings. The number of aliphatic carboxylic acids is 2. The van der Waals surface area contributed by atoms with Crippen LogP contribution in [0.1, 0.15) is 0 Å². The van der Waals surface area contributed by atoms with Crippen molar-refractivity contribution in [3.05, 3.63) is 0 Å². The van der Waals surface area contributed by atoms with Gasteiger partial charge >= 0.3 is 11.9 Å². The van der Waals surface area contributed by atoms with Crippen LogP contribution in [0.25, 0.3) is 0 Å². The summed E-state index contributed by atoms with van der Waals surface area (Å²) in [6.07, 6.45) is 0. The van der Waals surface area contributed by atoms with Crippen LogP contribution < -0.4 is 5.43 Å². The Hall–Kier alpha value is -0.510. The maximum absolute atomic E-state index is 10.6. The highest BCUT2D eigenvalue weighted by atomic mass is 32.2. The normalized spacial score (nSPS) is 22.4. The number of thiocarbonyl (C=S) groups is 1. The third-order valence-electron chi connectivity index (χ3n) is 1.42. The lowest BCUT2D eigenvalue weighted by Gasteiger charge is -2.22. The molecule has 78 valence electrons. The second-order valence-corrected chi connectivity index (χ2v) is 4.93. The number of hydrogen-bond donors (Lipinski definition) is 4. The van der Waals surface area contributed by atoms with Crippen LogP contribution in [0.3, 0.4) is 0 Å². The molecule has 3 N–H and O–H groups in total. The van der Waals surface area contributed by atoms with Crippen LogP contribution in [-0.4, -0.2) is 42.2 Å². The standard InChI is InChI=1S/C5H6N2O4S3/c8-2(9)1(3(10)11)7-5(13)14-4(12)6-7/h1,5,13H,(H,6,12)(H,8,9)(H,10,11). The fraction of sp³-hybridized carbons (Fsp3) is 0.400. The van der Waals surface area contributed by atoms with E-state index >= 15 is 0 Å². The summed E-state index contributed by atoms with van der Waals surface area (Å²) in [5.74, 6) is -2.93. The van der Waals surface area contributed by atoms with Crippen LogP contribution in [0.15, 0.2) is 0 Å². The molecule has 0 amide bonds. The number of nitrogens with one attached hydrogen (secondary N) is 1. The van der Waals surface area contributed by atoms with Crippen molar-refractivity contribution in [1.82, 2.24) is 10.4 Å². The SMILES string of the molecule is O=C(O)C(C(=O)O)N1NC(=S)SC1S. The van der Waals surface area contributed by atoms with Crippen LogP contribution in [0.5, 0.6) is 0 Å². The lowest BCUT2D eigenvalue weighted by Crippen LogP contribution is -2.52. The monoisotopic (exact) mass is 254 g/mol. The fourth-order valence-corrected chi connectivity index (χ4v) is 2.61. The molecule has 1 fully saturated rings. The molecule has 0 aliphatic carbocycles. The number of carboxylic acids is 2. The molecule has 14 heavy (non-hydrogen) atoms. The van der Waals surface area contributed by atoms with Crippen molar-refractivity contribution in [2.75, 3.05) is 0 Å². The zero-order valence-electron chi connectivity index (χ0n) is 6.58. The average Bonchev–Trinajstić information content (AvgIpc) is 2.29. The maximum atomic E-state index is 10.6. The molecule has 1 unspecified atom stereocenters. The number of thioether (sulfide) groups is 1. The number of thiol groups is 1. The van der Waals surface area contributed by atoms with Gasteiger partial charge in [-0.05, 0) is 0 Å². The number of carbonyl (C=O) groups is 2. The maximum Gasteiger partial charge on any atom is 0.334 e. The molecule has 0 saturated carbocycles. The first-order chi connectivity index (χ1) is 6.43. The second kappa shape index (κ2) is 4.34. The van der Waals surface area contributed by atoms with Gasteiger partial charge in [-0.25, -0.2) is 9.59 Å². The van der Waals surface area contributed by atoms with E-state index in [4.69, 9.17) is 22.4 Å². The zero-order valence-corrected chi connectivity index (χ0v) is 9.10. The van der Waals surface area contributed by atoms with Gasteiger partial charge in [0.25, 0.3) is 0 Å². The Balaban J connectivity index is 2.84. The van der Waals surface area contributed by atoms with Gasteiger partial charge in [-0.2, -0.15) is 5.01 Å². The Morgan fingerprint density at radius 2 is 2.07 bits per heavy atom. The number of hydrogen-bond acceptors (Lipinski definition) is 6. The average molecular weight is 254 g/mol. The van der Waals surface area contributed by atoms with Crippen molar-refractivity contribution >= 4 is 52.9 Å². The van der Waals surface area contributed by atoms with Gasteiger partial charge in [-0.15, -0.1) is 12.6 Å². The predicted octanol–water partition coefficient (Wildman–Crippen LogP) is -0.424. The third kappa shape index (κ3) is 2.29. The summed E-state index contributed by atoms with van der Waals surface area (Å²) in [4.78, 5) is 21.3. The summed E-state index contributed by atoms with van der Waals surface area (Å²) in [5.41, 5.74) is 2.46. The van der Waals surface area contributed by atoms with Gasteiger partial charge in [0.2, 0.25) is 6.04 Å². The van der Waals surface area contributed by atoms with E-state index in [2.05, 4.69) is 18.1 Å². The van der Waals surface area contributed by atoms with Crippen molar-refractivity contribution in [2.45, 2.75) is 10.7 Å². The largest absolute Gasteiger partial charge is 0.480 e. The van der Waals surface area contributed by atoms with Crippen molar-refractivity contribution in [3.8, 4) is 0 Å². The second-order valence-electron chi connectivity index (χ2n) is 2.33. The number of hydrazine groups is 1. The molecule has 1 heterocycles. The molecule has 0 aromatic heterocycles. The van der Waals surface area contributed by atoms with Gasteiger partial charge < -0.3 is 15.6 Å². The Labute approximate surface area is 94.0 Å². The lowest BCUT2D eigenvalue weighted by molar-refractivity contribution is -0.157. The van der Waals surface area contributed by atoms with Crippen molar-refractivity contribution < 1.29 is 19.8 Å². The summed E-state index contributed by atoms with van der Waals surface area (Å²) in [7, 11) is 0. The van der Waals surface area contributed by atoms with E-state index in [9.17, 15) is 9.59 Å². The molecular formula is C5H6N2O4S3. The van der Waals surface area contributed by atoms with Gasteiger partial charge in [0.1, 0.15) is 4.71 Å². The minimum Gasteiger partial charge on any atom is -0.480 e. The van der Waals surface area contributed by atoms with E-state index in [0.29, 0.717) is 4.32 Å². The van der Waals surface area contributed by atoms with Gasteiger partial charge in [-0.3, -0.25) is 0 Å². The molecule has 0 spiro atoms. The van der Waals surface area contributed by atoms with Crippen LogP contribution in [0.2, 0.25) is 0 Å². The van der Waals surface area contributed by atoms with E-state index in [1.54, 1.807) is 0 Å². The molecule has 1 aliphatic heterocycles. The highest BCUT2D eigenvalue weighted by Gasteiger charge is 2.40. The Morgan fingerprint density at radius 3 is 2.36 bits per heavy atom. The number of nitrogens with zero attached hydrogens (tertiary/aromatic N) is 1. The molecule has 0 radical (unpaired) electrons. The highest BCUT2D eigenvalue weighted by Crippen LogP contribution is 2.27. The molecule has 9 heteroatoms. The molecule has 1 rings (SSSR count). The van der Waals surface area contributed by atoms with Gasteiger partial charge in [0, 0.05) is 0 Å². The molecule has 0 bridgehead atoms. The number of carboxylic acid groups (broad SMARTS) is 2. The molecule has 0 aromatic rings. The number of rotatable bonds is 3. The molecule has 0 aromatic carbocycles. The molecule has 6 nitrogen and oxygen atoms in total. The first-order valence-electron chi connectivity index (χ1n) is 3.32. The molecule has 1 atom stereocenters. The van der Waals surface area contributed by atoms with Gasteiger partial charge in [-0.1, -0.05) is 24.0 Å². The first-order valence-corrected chi connectivity index (χ1v) is 5.13.